The molecule has 1 aliphatic carbocycles. The van der Waals surface area contributed by atoms with Crippen LogP contribution in [0.2, 0.25) is 0 Å². The molecular formula is C21H36N2O5S. The monoisotopic (exact) mass is 428 g/mol. The molecule has 1 saturated carbocycles. The summed E-state index contributed by atoms with van der Waals surface area (Å²) in [6, 6.07) is 3.32. The third kappa shape index (κ3) is 6.17. The van der Waals surface area contributed by atoms with E-state index in [0.717, 1.165) is 6.42 Å². The van der Waals surface area contributed by atoms with Crippen molar-refractivity contribution in [2.75, 3.05) is 33.9 Å². The van der Waals surface area contributed by atoms with Crippen LogP contribution < -0.4 is 9.46 Å². The zero-order chi connectivity index (χ0) is 22.2. The number of esters is 1. The van der Waals surface area contributed by atoms with Crippen molar-refractivity contribution in [3.63, 3.8) is 0 Å². The number of carbonyl (C=O) groups is 1. The van der Waals surface area contributed by atoms with Crippen molar-refractivity contribution in [3.05, 3.63) is 23.3 Å². The third-order valence-corrected chi connectivity index (χ3v) is 7.23. The SMILES string of the molecule is CCN(CC)CC.COC(=O)C1(NS(=O)(=O)c2c(C)cc(OC)cc2C)CCC1. The summed E-state index contributed by atoms with van der Waals surface area (Å²) in [5, 5.41) is 0. The van der Waals surface area contributed by atoms with Gasteiger partial charge in [0.2, 0.25) is 10.0 Å². The second-order valence-electron chi connectivity index (χ2n) is 7.24. The quantitative estimate of drug-likeness (QED) is 0.641. The summed E-state index contributed by atoms with van der Waals surface area (Å²) >= 11 is 0. The van der Waals surface area contributed by atoms with Crippen molar-refractivity contribution >= 4 is 16.0 Å². The van der Waals surface area contributed by atoms with Crippen LogP contribution in [0.3, 0.4) is 0 Å². The Morgan fingerprint density at radius 2 is 1.55 bits per heavy atom. The van der Waals surface area contributed by atoms with Crippen molar-refractivity contribution < 1.29 is 22.7 Å². The minimum absolute atomic E-state index is 0.184. The van der Waals surface area contributed by atoms with Crippen LogP contribution in [0.1, 0.15) is 51.2 Å². The maximum Gasteiger partial charge on any atom is 0.327 e. The lowest BCUT2D eigenvalue weighted by Gasteiger charge is -2.39. The summed E-state index contributed by atoms with van der Waals surface area (Å²) < 4.78 is 37.9. The molecule has 2 rings (SSSR count). The third-order valence-electron chi connectivity index (χ3n) is 5.39. The summed E-state index contributed by atoms with van der Waals surface area (Å²) in [5.74, 6) is 0.0615. The Labute approximate surface area is 175 Å². The van der Waals surface area contributed by atoms with Gasteiger partial charge in [-0.25, -0.2) is 8.42 Å². The first-order valence-corrected chi connectivity index (χ1v) is 11.6. The molecule has 1 aliphatic rings. The van der Waals surface area contributed by atoms with Gasteiger partial charge in [-0.3, -0.25) is 4.79 Å². The summed E-state index contributed by atoms with van der Waals surface area (Å²) in [6.45, 7) is 13.5. The number of methoxy groups -OCH3 is 2. The number of rotatable bonds is 8. The van der Waals surface area contributed by atoms with Gasteiger partial charge in [-0.05, 0) is 76.0 Å². The zero-order valence-electron chi connectivity index (χ0n) is 18.8. The summed E-state index contributed by atoms with van der Waals surface area (Å²) in [4.78, 5) is 14.5. The summed E-state index contributed by atoms with van der Waals surface area (Å²) in [6.07, 6.45) is 1.69. The van der Waals surface area contributed by atoms with Crippen LogP contribution in [0.5, 0.6) is 5.75 Å². The molecule has 0 saturated heterocycles. The second-order valence-corrected chi connectivity index (χ2v) is 8.86. The Morgan fingerprint density at radius 1 is 1.07 bits per heavy atom. The molecule has 1 aromatic rings. The van der Waals surface area contributed by atoms with Gasteiger partial charge in [0.05, 0.1) is 19.1 Å². The molecule has 0 amide bonds. The lowest BCUT2D eigenvalue weighted by Crippen LogP contribution is -2.59. The predicted molar refractivity (Wildman–Crippen MR) is 115 cm³/mol. The topological polar surface area (TPSA) is 84.9 Å². The van der Waals surface area contributed by atoms with Crippen molar-refractivity contribution in [1.82, 2.24) is 9.62 Å². The van der Waals surface area contributed by atoms with Crippen molar-refractivity contribution in [2.45, 2.75) is 64.3 Å². The highest BCUT2D eigenvalue weighted by Crippen LogP contribution is 2.35. The summed E-state index contributed by atoms with van der Waals surface area (Å²) in [7, 11) is -1.03. The molecule has 0 aliphatic heterocycles. The van der Waals surface area contributed by atoms with Crippen LogP contribution in [0.4, 0.5) is 0 Å². The van der Waals surface area contributed by atoms with Gasteiger partial charge in [-0.2, -0.15) is 4.72 Å². The van der Waals surface area contributed by atoms with E-state index in [1.165, 1.54) is 33.9 Å². The molecule has 0 heterocycles. The highest BCUT2D eigenvalue weighted by Gasteiger charge is 2.48. The van der Waals surface area contributed by atoms with Crippen LogP contribution in [0, 0.1) is 13.8 Å². The summed E-state index contributed by atoms with van der Waals surface area (Å²) in [5.41, 5.74) is 0.0132. The molecule has 1 N–H and O–H groups in total. The molecule has 166 valence electrons. The Bertz CT molecular complexity index is 756. The molecule has 7 nitrogen and oxygen atoms in total. The first-order chi connectivity index (χ1) is 13.6. The maximum absolute atomic E-state index is 12.7. The van der Waals surface area contributed by atoms with Crippen molar-refractivity contribution in [2.24, 2.45) is 0 Å². The van der Waals surface area contributed by atoms with Crippen LogP contribution in [0.15, 0.2) is 17.0 Å². The minimum Gasteiger partial charge on any atom is -0.497 e. The number of hydrogen-bond donors (Lipinski definition) is 1. The number of aryl methyl sites for hydroxylation is 2. The molecular weight excluding hydrogens is 392 g/mol. The van der Waals surface area contributed by atoms with E-state index in [0.29, 0.717) is 29.7 Å². The van der Waals surface area contributed by atoms with Gasteiger partial charge in [-0.15, -0.1) is 0 Å². The smallest absolute Gasteiger partial charge is 0.327 e. The van der Waals surface area contributed by atoms with E-state index in [2.05, 4.69) is 30.4 Å². The molecule has 8 heteroatoms. The zero-order valence-corrected chi connectivity index (χ0v) is 19.6. The molecule has 0 atom stereocenters. The first-order valence-electron chi connectivity index (χ1n) is 10.1. The first kappa shape index (κ1) is 25.4. The molecule has 29 heavy (non-hydrogen) atoms. The van der Waals surface area contributed by atoms with E-state index in [1.807, 2.05) is 0 Å². The highest BCUT2D eigenvalue weighted by atomic mass is 32.2. The van der Waals surface area contributed by atoms with Gasteiger partial charge >= 0.3 is 5.97 Å². The van der Waals surface area contributed by atoms with Gasteiger partial charge in [0.25, 0.3) is 0 Å². The number of sulfonamides is 1. The molecule has 0 radical (unpaired) electrons. The predicted octanol–water partition coefficient (Wildman–Crippen LogP) is 3.03. The second kappa shape index (κ2) is 10.9. The van der Waals surface area contributed by atoms with Gasteiger partial charge in [-0.1, -0.05) is 20.8 Å². The Hall–Kier alpha value is -1.64. The molecule has 1 aromatic carbocycles. The normalized spacial score (nSPS) is 15.2. The van der Waals surface area contributed by atoms with Gasteiger partial charge in [0.1, 0.15) is 11.3 Å². The van der Waals surface area contributed by atoms with Crippen LogP contribution in [-0.2, 0) is 19.6 Å². The number of carbonyl (C=O) groups excluding carboxylic acids is 1. The number of benzene rings is 1. The largest absolute Gasteiger partial charge is 0.497 e. The number of ether oxygens (including phenoxy) is 2. The molecule has 1 fully saturated rings. The lowest BCUT2D eigenvalue weighted by molar-refractivity contribution is -0.151. The van der Waals surface area contributed by atoms with E-state index >= 15 is 0 Å². The standard InChI is InChI=1S/C15H21NO5S.C6H15N/c1-10-8-12(20-3)9-11(2)13(10)22(18,19)16-15(6-5-7-15)14(17)21-4;1-4-7(5-2)6-3/h8-9,16H,5-7H2,1-4H3;4-6H2,1-3H3. The fourth-order valence-electron chi connectivity index (χ4n) is 3.50. The van der Waals surface area contributed by atoms with Crippen LogP contribution in [0.25, 0.3) is 0 Å². The van der Waals surface area contributed by atoms with E-state index < -0.39 is 21.5 Å². The molecule has 0 aromatic heterocycles. The van der Waals surface area contributed by atoms with Crippen LogP contribution >= 0.6 is 0 Å². The van der Waals surface area contributed by atoms with Crippen LogP contribution in [-0.4, -0.2) is 58.7 Å². The highest BCUT2D eigenvalue weighted by molar-refractivity contribution is 7.89. The number of nitrogens with zero attached hydrogens (tertiary/aromatic N) is 1. The number of hydrogen-bond acceptors (Lipinski definition) is 6. The molecule has 0 spiro atoms. The lowest BCUT2D eigenvalue weighted by atomic mass is 9.78. The van der Waals surface area contributed by atoms with Gasteiger partial charge < -0.3 is 14.4 Å². The van der Waals surface area contributed by atoms with Gasteiger partial charge in [0.15, 0.2) is 0 Å². The van der Waals surface area contributed by atoms with Crippen molar-refractivity contribution in [3.8, 4) is 5.75 Å². The van der Waals surface area contributed by atoms with E-state index in [1.54, 1.807) is 26.0 Å². The Morgan fingerprint density at radius 3 is 1.83 bits per heavy atom. The maximum atomic E-state index is 12.7. The Kier molecular flexibility index (Phi) is 9.58. The average Bonchev–Trinajstić information content (AvgIpc) is 2.65. The Balaban J connectivity index is 0.000000516. The van der Waals surface area contributed by atoms with E-state index in [9.17, 15) is 13.2 Å². The van der Waals surface area contributed by atoms with E-state index in [4.69, 9.17) is 9.47 Å². The van der Waals surface area contributed by atoms with E-state index in [-0.39, 0.29) is 4.90 Å². The molecule has 0 bridgehead atoms. The molecule has 0 unspecified atom stereocenters. The average molecular weight is 429 g/mol. The van der Waals surface area contributed by atoms with Gasteiger partial charge in [0, 0.05) is 0 Å². The van der Waals surface area contributed by atoms with Crippen molar-refractivity contribution in [1.29, 1.82) is 0 Å². The minimum atomic E-state index is -3.83. The fourth-order valence-corrected chi connectivity index (χ4v) is 5.37. The fraction of sp³-hybridized carbons (Fsp3) is 0.667. The number of nitrogens with one attached hydrogen (secondary N) is 1.